The van der Waals surface area contributed by atoms with E-state index in [2.05, 4.69) is 13.8 Å². The van der Waals surface area contributed by atoms with E-state index in [-0.39, 0.29) is 6.29 Å². The molecule has 0 N–H and O–H groups in total. The molecule has 0 aliphatic carbocycles. The van der Waals surface area contributed by atoms with Gasteiger partial charge in [-0.15, -0.1) is 0 Å². The van der Waals surface area contributed by atoms with E-state index in [1.165, 1.54) is 0 Å². The minimum Gasteiger partial charge on any atom is -0.375 e. The van der Waals surface area contributed by atoms with Crippen LogP contribution < -0.4 is 0 Å². The average Bonchev–Trinajstić information content (AvgIpc) is 2.69. The molecular formula is C13H26O3. The third kappa shape index (κ3) is 4.04. The maximum atomic E-state index is 5.94. The van der Waals surface area contributed by atoms with Gasteiger partial charge in [0.05, 0.1) is 18.8 Å². The molecule has 4 unspecified atom stereocenters. The highest BCUT2D eigenvalue weighted by atomic mass is 16.7. The van der Waals surface area contributed by atoms with Gasteiger partial charge in [0.25, 0.3) is 0 Å². The van der Waals surface area contributed by atoms with Crippen molar-refractivity contribution in [2.75, 3.05) is 13.2 Å². The average molecular weight is 230 g/mol. The fourth-order valence-electron chi connectivity index (χ4n) is 2.31. The first-order chi connectivity index (χ1) is 7.71. The maximum absolute atomic E-state index is 5.94. The monoisotopic (exact) mass is 230 g/mol. The van der Waals surface area contributed by atoms with Crippen LogP contribution in [0.5, 0.6) is 0 Å². The topological polar surface area (TPSA) is 27.7 Å². The van der Waals surface area contributed by atoms with Crippen molar-refractivity contribution in [2.24, 2.45) is 5.92 Å². The van der Waals surface area contributed by atoms with Gasteiger partial charge in [-0.3, -0.25) is 0 Å². The Morgan fingerprint density at radius 3 is 2.50 bits per heavy atom. The van der Waals surface area contributed by atoms with Crippen molar-refractivity contribution >= 4 is 0 Å². The number of ether oxygens (including phenoxy) is 3. The van der Waals surface area contributed by atoms with E-state index >= 15 is 0 Å². The summed E-state index contributed by atoms with van der Waals surface area (Å²) in [6, 6.07) is 0. The van der Waals surface area contributed by atoms with Crippen LogP contribution in [0, 0.1) is 5.92 Å². The van der Waals surface area contributed by atoms with Gasteiger partial charge >= 0.3 is 0 Å². The molecule has 0 bridgehead atoms. The zero-order valence-electron chi connectivity index (χ0n) is 11.1. The molecule has 16 heavy (non-hydrogen) atoms. The first-order valence-electron chi connectivity index (χ1n) is 6.59. The summed E-state index contributed by atoms with van der Waals surface area (Å²) in [6.45, 7) is 9.77. The Hall–Kier alpha value is -0.120. The van der Waals surface area contributed by atoms with E-state index in [4.69, 9.17) is 14.2 Å². The number of rotatable bonds is 7. The first kappa shape index (κ1) is 13.9. The molecule has 0 aromatic rings. The predicted octanol–water partition coefficient (Wildman–Crippen LogP) is 2.98. The van der Waals surface area contributed by atoms with Crippen molar-refractivity contribution in [3.05, 3.63) is 0 Å². The highest BCUT2D eigenvalue weighted by Gasteiger charge is 2.33. The lowest BCUT2D eigenvalue weighted by Crippen LogP contribution is -2.23. The molecule has 1 fully saturated rings. The van der Waals surface area contributed by atoms with Crippen molar-refractivity contribution in [3.63, 3.8) is 0 Å². The van der Waals surface area contributed by atoms with E-state index in [0.717, 1.165) is 25.9 Å². The molecule has 0 saturated carbocycles. The summed E-state index contributed by atoms with van der Waals surface area (Å²) in [6.07, 6.45) is 4.03. The summed E-state index contributed by atoms with van der Waals surface area (Å²) in [5, 5.41) is 0. The van der Waals surface area contributed by atoms with Gasteiger partial charge in [-0.1, -0.05) is 13.8 Å². The molecule has 1 aliphatic heterocycles. The van der Waals surface area contributed by atoms with Crippen molar-refractivity contribution in [3.8, 4) is 0 Å². The fraction of sp³-hybridized carbons (Fsp3) is 1.00. The molecule has 0 aromatic heterocycles. The molecule has 1 saturated heterocycles. The second-order valence-corrected chi connectivity index (χ2v) is 4.47. The smallest absolute Gasteiger partial charge is 0.154 e. The molecule has 0 aromatic carbocycles. The molecule has 1 heterocycles. The SMILES string of the molecule is CCOC(C)OCC1CC(CC)OC1CC. The minimum absolute atomic E-state index is 0.0943. The minimum atomic E-state index is -0.0943. The Bertz CT molecular complexity index is 184. The molecule has 0 spiro atoms. The van der Waals surface area contributed by atoms with E-state index in [1.54, 1.807) is 0 Å². The summed E-state index contributed by atoms with van der Waals surface area (Å²) in [5.74, 6) is 0.540. The van der Waals surface area contributed by atoms with Crippen molar-refractivity contribution in [1.82, 2.24) is 0 Å². The quantitative estimate of drug-likeness (QED) is 0.629. The molecule has 0 amide bonds. The summed E-state index contributed by atoms with van der Waals surface area (Å²) in [7, 11) is 0. The van der Waals surface area contributed by atoms with Gasteiger partial charge in [0.2, 0.25) is 0 Å². The van der Waals surface area contributed by atoms with Crippen LogP contribution in [-0.4, -0.2) is 31.7 Å². The fourth-order valence-corrected chi connectivity index (χ4v) is 2.31. The van der Waals surface area contributed by atoms with Crippen molar-refractivity contribution < 1.29 is 14.2 Å². The van der Waals surface area contributed by atoms with Crippen LogP contribution in [0.25, 0.3) is 0 Å². The lowest BCUT2D eigenvalue weighted by Gasteiger charge is -2.19. The summed E-state index contributed by atoms with van der Waals surface area (Å²) in [4.78, 5) is 0. The lowest BCUT2D eigenvalue weighted by atomic mass is 9.98. The molecule has 3 heteroatoms. The second kappa shape index (κ2) is 7.25. The predicted molar refractivity (Wildman–Crippen MR) is 64.4 cm³/mol. The normalized spacial score (nSPS) is 31.9. The van der Waals surface area contributed by atoms with Crippen LogP contribution >= 0.6 is 0 Å². The standard InChI is InChI=1S/C13H26O3/c1-5-12-8-11(13(6-2)16-12)9-15-10(4)14-7-3/h10-13H,5-9H2,1-4H3. The summed E-state index contributed by atoms with van der Waals surface area (Å²) < 4.78 is 17.0. The first-order valence-corrected chi connectivity index (χ1v) is 6.59. The molecule has 4 atom stereocenters. The molecule has 0 radical (unpaired) electrons. The van der Waals surface area contributed by atoms with Crippen LogP contribution in [0.4, 0.5) is 0 Å². The Balaban J connectivity index is 2.29. The van der Waals surface area contributed by atoms with Crippen LogP contribution in [0.15, 0.2) is 0 Å². The van der Waals surface area contributed by atoms with Gasteiger partial charge in [-0.25, -0.2) is 0 Å². The van der Waals surface area contributed by atoms with Gasteiger partial charge in [-0.2, -0.15) is 0 Å². The summed E-state index contributed by atoms with van der Waals surface area (Å²) in [5.41, 5.74) is 0. The molecule has 1 rings (SSSR count). The van der Waals surface area contributed by atoms with E-state index in [1.807, 2.05) is 13.8 Å². The van der Waals surface area contributed by atoms with Gasteiger partial charge < -0.3 is 14.2 Å². The van der Waals surface area contributed by atoms with E-state index < -0.39 is 0 Å². The Labute approximate surface area is 99.5 Å². The molecular weight excluding hydrogens is 204 g/mol. The highest BCUT2D eigenvalue weighted by Crippen LogP contribution is 2.30. The van der Waals surface area contributed by atoms with E-state index in [9.17, 15) is 0 Å². The van der Waals surface area contributed by atoms with Crippen LogP contribution in [0.3, 0.4) is 0 Å². The zero-order chi connectivity index (χ0) is 12.0. The van der Waals surface area contributed by atoms with Crippen molar-refractivity contribution in [1.29, 1.82) is 0 Å². The molecule has 3 nitrogen and oxygen atoms in total. The highest BCUT2D eigenvalue weighted by molar-refractivity contribution is 4.80. The van der Waals surface area contributed by atoms with Gasteiger partial charge in [0.1, 0.15) is 0 Å². The maximum Gasteiger partial charge on any atom is 0.154 e. The Morgan fingerprint density at radius 1 is 1.19 bits per heavy atom. The largest absolute Gasteiger partial charge is 0.375 e. The number of hydrogen-bond donors (Lipinski definition) is 0. The van der Waals surface area contributed by atoms with Crippen LogP contribution in [0.1, 0.15) is 47.0 Å². The van der Waals surface area contributed by atoms with E-state index in [0.29, 0.717) is 24.7 Å². The van der Waals surface area contributed by atoms with Gasteiger partial charge in [0.15, 0.2) is 6.29 Å². The van der Waals surface area contributed by atoms with Gasteiger partial charge in [0, 0.05) is 12.5 Å². The molecule has 1 aliphatic rings. The third-order valence-electron chi connectivity index (χ3n) is 3.26. The Kier molecular flexibility index (Phi) is 6.32. The number of hydrogen-bond acceptors (Lipinski definition) is 3. The van der Waals surface area contributed by atoms with Crippen LogP contribution in [0.2, 0.25) is 0 Å². The Morgan fingerprint density at radius 2 is 1.94 bits per heavy atom. The van der Waals surface area contributed by atoms with Gasteiger partial charge in [-0.05, 0) is 33.1 Å². The lowest BCUT2D eigenvalue weighted by molar-refractivity contribution is -0.138. The van der Waals surface area contributed by atoms with Crippen molar-refractivity contribution in [2.45, 2.75) is 65.5 Å². The van der Waals surface area contributed by atoms with Crippen LogP contribution in [-0.2, 0) is 14.2 Å². The summed E-state index contributed by atoms with van der Waals surface area (Å²) >= 11 is 0. The third-order valence-corrected chi connectivity index (χ3v) is 3.26. The second-order valence-electron chi connectivity index (χ2n) is 4.47. The zero-order valence-corrected chi connectivity index (χ0v) is 11.1. The molecule has 96 valence electrons.